The van der Waals surface area contributed by atoms with Gasteiger partial charge in [-0.25, -0.2) is 0 Å². The Morgan fingerprint density at radius 1 is 1.11 bits per heavy atom. The van der Waals surface area contributed by atoms with E-state index < -0.39 is 0 Å². The number of epoxide rings is 1. The molecule has 0 amide bonds. The van der Waals surface area contributed by atoms with Crippen molar-refractivity contribution in [1.82, 2.24) is 0 Å². The van der Waals surface area contributed by atoms with Crippen molar-refractivity contribution in [3.05, 3.63) is 0 Å². The zero-order valence-electron chi connectivity index (χ0n) is 5.12. The molecule has 2 aliphatic heterocycles. The van der Waals surface area contributed by atoms with Gasteiger partial charge in [0.2, 0.25) is 0 Å². The standard InChI is InChI=1S/C6H10O3/c7-4-1-5(8-2-4)6-3-9-6/h4-7H,1-3H2/t4-,5+,6?/m1/s1. The lowest BCUT2D eigenvalue weighted by atomic mass is 10.2. The normalized spacial score (nSPS) is 49.7. The number of rotatable bonds is 1. The van der Waals surface area contributed by atoms with Gasteiger partial charge in [-0.05, 0) is 0 Å². The summed E-state index contributed by atoms with van der Waals surface area (Å²) >= 11 is 0. The van der Waals surface area contributed by atoms with Crippen LogP contribution in [0.15, 0.2) is 0 Å². The van der Waals surface area contributed by atoms with Crippen LogP contribution in [0.25, 0.3) is 0 Å². The first-order valence-electron chi connectivity index (χ1n) is 3.27. The van der Waals surface area contributed by atoms with E-state index in [1.165, 1.54) is 0 Å². The van der Waals surface area contributed by atoms with Gasteiger partial charge in [-0.3, -0.25) is 0 Å². The highest BCUT2D eigenvalue weighted by Crippen LogP contribution is 2.25. The first kappa shape index (κ1) is 5.65. The van der Waals surface area contributed by atoms with Crippen LogP contribution in [0.5, 0.6) is 0 Å². The molecule has 0 aromatic heterocycles. The Hall–Kier alpha value is -0.120. The molecule has 1 unspecified atom stereocenters. The smallest absolute Gasteiger partial charge is 0.107 e. The summed E-state index contributed by atoms with van der Waals surface area (Å²) in [5.41, 5.74) is 0. The van der Waals surface area contributed by atoms with Gasteiger partial charge in [-0.2, -0.15) is 0 Å². The first-order chi connectivity index (χ1) is 4.36. The lowest BCUT2D eigenvalue weighted by molar-refractivity contribution is 0.0722. The summed E-state index contributed by atoms with van der Waals surface area (Å²) in [5.74, 6) is 0. The fourth-order valence-electron chi connectivity index (χ4n) is 1.17. The van der Waals surface area contributed by atoms with Crippen molar-refractivity contribution < 1.29 is 14.6 Å². The van der Waals surface area contributed by atoms with E-state index in [4.69, 9.17) is 14.6 Å². The summed E-state index contributed by atoms with van der Waals surface area (Å²) in [4.78, 5) is 0. The molecule has 0 bridgehead atoms. The third kappa shape index (κ3) is 1.08. The largest absolute Gasteiger partial charge is 0.391 e. The Balaban J connectivity index is 1.86. The van der Waals surface area contributed by atoms with Crippen LogP contribution in [0, 0.1) is 0 Å². The van der Waals surface area contributed by atoms with Crippen molar-refractivity contribution >= 4 is 0 Å². The monoisotopic (exact) mass is 130 g/mol. The molecule has 9 heavy (non-hydrogen) atoms. The minimum atomic E-state index is -0.251. The van der Waals surface area contributed by atoms with Crippen LogP contribution >= 0.6 is 0 Å². The molecule has 52 valence electrons. The molecular weight excluding hydrogens is 120 g/mol. The Morgan fingerprint density at radius 3 is 2.22 bits per heavy atom. The van der Waals surface area contributed by atoms with Crippen LogP contribution in [-0.2, 0) is 9.47 Å². The maximum absolute atomic E-state index is 9.00. The molecular formula is C6H10O3. The van der Waals surface area contributed by atoms with Crippen molar-refractivity contribution in [3.8, 4) is 0 Å². The predicted octanol–water partition coefficient (Wildman–Crippen LogP) is -0.465. The molecule has 2 rings (SSSR count). The van der Waals surface area contributed by atoms with Gasteiger partial charge >= 0.3 is 0 Å². The average Bonchev–Trinajstić information content (AvgIpc) is 2.58. The van der Waals surface area contributed by atoms with Gasteiger partial charge < -0.3 is 14.6 Å². The van der Waals surface area contributed by atoms with Gasteiger partial charge in [0.25, 0.3) is 0 Å². The molecule has 0 spiro atoms. The molecule has 2 fully saturated rings. The van der Waals surface area contributed by atoms with E-state index in [0.29, 0.717) is 12.7 Å². The Labute approximate surface area is 53.6 Å². The molecule has 0 aromatic carbocycles. The van der Waals surface area contributed by atoms with Crippen LogP contribution in [-0.4, -0.2) is 36.6 Å². The quantitative estimate of drug-likeness (QED) is 0.488. The van der Waals surface area contributed by atoms with Crippen molar-refractivity contribution in [3.63, 3.8) is 0 Å². The summed E-state index contributed by atoms with van der Waals surface area (Å²) in [6.45, 7) is 1.31. The zero-order valence-corrected chi connectivity index (χ0v) is 5.12. The van der Waals surface area contributed by atoms with Crippen molar-refractivity contribution in [1.29, 1.82) is 0 Å². The summed E-state index contributed by atoms with van der Waals surface area (Å²) in [6, 6.07) is 0. The van der Waals surface area contributed by atoms with Crippen LogP contribution in [0.3, 0.4) is 0 Å². The molecule has 0 aliphatic carbocycles. The average molecular weight is 130 g/mol. The second-order valence-electron chi connectivity index (χ2n) is 2.63. The maximum Gasteiger partial charge on any atom is 0.107 e. The van der Waals surface area contributed by atoms with Crippen molar-refractivity contribution in [2.75, 3.05) is 13.2 Å². The summed E-state index contributed by atoms with van der Waals surface area (Å²) in [5, 5.41) is 9.00. The van der Waals surface area contributed by atoms with Crippen LogP contribution in [0.1, 0.15) is 6.42 Å². The van der Waals surface area contributed by atoms with Gasteiger partial charge in [0.15, 0.2) is 0 Å². The number of hydrogen-bond donors (Lipinski definition) is 1. The topological polar surface area (TPSA) is 42.0 Å². The maximum atomic E-state index is 9.00. The molecule has 0 aromatic rings. The summed E-state index contributed by atoms with van der Waals surface area (Å²) in [7, 11) is 0. The Morgan fingerprint density at radius 2 is 1.78 bits per heavy atom. The molecule has 3 heteroatoms. The Kier molecular flexibility index (Phi) is 1.22. The number of ether oxygens (including phenoxy) is 2. The summed E-state index contributed by atoms with van der Waals surface area (Å²) < 4.78 is 10.2. The molecule has 2 heterocycles. The zero-order chi connectivity index (χ0) is 6.27. The molecule has 3 nitrogen and oxygen atoms in total. The third-order valence-electron chi connectivity index (χ3n) is 1.78. The number of aliphatic hydroxyl groups is 1. The fraction of sp³-hybridized carbons (Fsp3) is 1.00. The second kappa shape index (κ2) is 1.94. The Bertz CT molecular complexity index is 111. The van der Waals surface area contributed by atoms with E-state index in [1.54, 1.807) is 0 Å². The molecule has 3 atom stereocenters. The predicted molar refractivity (Wildman–Crippen MR) is 30.1 cm³/mol. The third-order valence-corrected chi connectivity index (χ3v) is 1.78. The van der Waals surface area contributed by atoms with Crippen LogP contribution in [0.4, 0.5) is 0 Å². The van der Waals surface area contributed by atoms with E-state index in [1.807, 2.05) is 0 Å². The highest BCUT2D eigenvalue weighted by atomic mass is 16.6. The first-order valence-corrected chi connectivity index (χ1v) is 3.27. The molecule has 0 saturated carbocycles. The number of hydrogen-bond acceptors (Lipinski definition) is 3. The van der Waals surface area contributed by atoms with E-state index in [0.717, 1.165) is 13.0 Å². The lowest BCUT2D eigenvalue weighted by Crippen LogP contribution is -2.13. The SMILES string of the molecule is O[C@H]1CO[C@H](C2CO2)C1. The van der Waals surface area contributed by atoms with E-state index in [9.17, 15) is 0 Å². The van der Waals surface area contributed by atoms with Crippen molar-refractivity contribution in [2.24, 2.45) is 0 Å². The van der Waals surface area contributed by atoms with E-state index in [-0.39, 0.29) is 12.2 Å². The van der Waals surface area contributed by atoms with Crippen LogP contribution < -0.4 is 0 Å². The molecule has 0 radical (unpaired) electrons. The highest BCUT2D eigenvalue weighted by Gasteiger charge is 2.38. The minimum Gasteiger partial charge on any atom is -0.391 e. The minimum absolute atomic E-state index is 0.181. The van der Waals surface area contributed by atoms with Gasteiger partial charge in [-0.1, -0.05) is 0 Å². The van der Waals surface area contributed by atoms with Crippen molar-refractivity contribution in [2.45, 2.75) is 24.7 Å². The summed E-state index contributed by atoms with van der Waals surface area (Å²) in [6.07, 6.45) is 0.978. The second-order valence-corrected chi connectivity index (χ2v) is 2.63. The van der Waals surface area contributed by atoms with E-state index in [2.05, 4.69) is 0 Å². The molecule has 2 aliphatic rings. The number of aliphatic hydroxyl groups excluding tert-OH is 1. The van der Waals surface area contributed by atoms with Gasteiger partial charge in [0.05, 0.1) is 25.4 Å². The fourth-order valence-corrected chi connectivity index (χ4v) is 1.17. The van der Waals surface area contributed by atoms with Gasteiger partial charge in [-0.15, -0.1) is 0 Å². The molecule has 2 saturated heterocycles. The highest BCUT2D eigenvalue weighted by molar-refractivity contribution is 4.85. The van der Waals surface area contributed by atoms with Gasteiger partial charge in [0.1, 0.15) is 6.10 Å². The van der Waals surface area contributed by atoms with E-state index >= 15 is 0 Å². The van der Waals surface area contributed by atoms with Gasteiger partial charge in [0, 0.05) is 6.42 Å². The lowest BCUT2D eigenvalue weighted by Gasteiger charge is -2.01. The molecule has 1 N–H and O–H groups in total. The van der Waals surface area contributed by atoms with Crippen LogP contribution in [0.2, 0.25) is 0 Å².